The molecule has 15 heavy (non-hydrogen) atoms. The van der Waals surface area contributed by atoms with E-state index in [4.69, 9.17) is 5.26 Å². The van der Waals surface area contributed by atoms with Crippen LogP contribution in [0.25, 0.3) is 0 Å². The summed E-state index contributed by atoms with van der Waals surface area (Å²) in [5, 5.41) is 11.8. The van der Waals surface area contributed by atoms with Gasteiger partial charge >= 0.3 is 0 Å². The first-order valence-corrected chi connectivity index (χ1v) is 4.96. The van der Waals surface area contributed by atoms with Crippen LogP contribution in [0.4, 0.5) is 0 Å². The maximum absolute atomic E-state index is 11.3. The van der Waals surface area contributed by atoms with Gasteiger partial charge in [0.25, 0.3) is 0 Å². The van der Waals surface area contributed by atoms with Gasteiger partial charge in [-0.2, -0.15) is 5.26 Å². The summed E-state index contributed by atoms with van der Waals surface area (Å²) in [6.45, 7) is 2.07. The van der Waals surface area contributed by atoms with E-state index >= 15 is 0 Å². The van der Waals surface area contributed by atoms with Gasteiger partial charge in [0.1, 0.15) is 5.54 Å². The zero-order valence-electron chi connectivity index (χ0n) is 9.04. The Morgan fingerprint density at radius 2 is 2.00 bits per heavy atom. The molecule has 0 saturated carbocycles. The van der Waals surface area contributed by atoms with Crippen LogP contribution in [-0.2, 0) is 9.59 Å². The van der Waals surface area contributed by atoms with E-state index in [-0.39, 0.29) is 11.8 Å². The highest BCUT2D eigenvalue weighted by atomic mass is 16.2. The summed E-state index contributed by atoms with van der Waals surface area (Å²) in [5.74, 6) is -0.257. The van der Waals surface area contributed by atoms with Crippen LogP contribution in [0, 0.1) is 11.3 Å². The molecular weight excluding hydrogens is 194 g/mol. The van der Waals surface area contributed by atoms with Crippen molar-refractivity contribution < 1.29 is 9.59 Å². The van der Waals surface area contributed by atoms with Crippen molar-refractivity contribution in [2.75, 3.05) is 13.6 Å². The lowest BCUT2D eigenvalue weighted by molar-refractivity contribution is -0.138. The molecule has 0 radical (unpaired) electrons. The minimum Gasteiger partial charge on any atom is -0.303 e. The molecule has 0 aliphatic carbocycles. The first-order chi connectivity index (χ1) is 7.02. The van der Waals surface area contributed by atoms with E-state index in [9.17, 15) is 9.59 Å². The van der Waals surface area contributed by atoms with Crippen molar-refractivity contribution >= 4 is 11.8 Å². The van der Waals surface area contributed by atoms with Gasteiger partial charge in [0, 0.05) is 19.4 Å². The highest BCUT2D eigenvalue weighted by Gasteiger charge is 2.31. The summed E-state index contributed by atoms with van der Waals surface area (Å²) in [7, 11) is 1.69. The molecule has 0 aromatic heterocycles. The minimum atomic E-state index is -0.677. The topological polar surface area (TPSA) is 73.2 Å². The molecule has 1 atom stereocenters. The summed E-state index contributed by atoms with van der Waals surface area (Å²) in [5.41, 5.74) is -0.677. The third kappa shape index (κ3) is 2.54. The highest BCUT2D eigenvalue weighted by Crippen LogP contribution is 2.15. The average Bonchev–Trinajstić information content (AvgIpc) is 2.56. The van der Waals surface area contributed by atoms with Crippen molar-refractivity contribution in [3.63, 3.8) is 0 Å². The summed E-state index contributed by atoms with van der Waals surface area (Å²) < 4.78 is 0. The summed E-state index contributed by atoms with van der Waals surface area (Å²) >= 11 is 0. The second-order valence-corrected chi connectivity index (χ2v) is 3.88. The zero-order valence-corrected chi connectivity index (χ0v) is 9.04. The largest absolute Gasteiger partial charge is 0.303 e. The Labute approximate surface area is 89.0 Å². The van der Waals surface area contributed by atoms with Crippen molar-refractivity contribution in [3.05, 3.63) is 0 Å². The standard InChI is InChI=1S/C10H15N3O2/c1-10(7-11,12-2)5-6-13-8(14)3-4-9(13)15/h12H,3-6H2,1-2H3. The zero-order chi connectivity index (χ0) is 11.5. The quantitative estimate of drug-likeness (QED) is 0.663. The number of carbonyl (C=O) groups is 2. The Balaban J connectivity index is 2.53. The lowest BCUT2D eigenvalue weighted by atomic mass is 10.0. The summed E-state index contributed by atoms with van der Waals surface area (Å²) in [6, 6.07) is 2.12. The Hall–Kier alpha value is -1.41. The van der Waals surface area contributed by atoms with E-state index in [0.717, 1.165) is 0 Å². The molecule has 82 valence electrons. The number of hydrogen-bond acceptors (Lipinski definition) is 4. The highest BCUT2D eigenvalue weighted by molar-refractivity contribution is 6.01. The fraction of sp³-hybridized carbons (Fsp3) is 0.700. The van der Waals surface area contributed by atoms with Gasteiger partial charge in [-0.05, 0) is 20.4 Å². The van der Waals surface area contributed by atoms with E-state index in [1.807, 2.05) is 0 Å². The number of nitrogens with zero attached hydrogens (tertiary/aromatic N) is 2. The molecule has 1 heterocycles. The molecule has 1 aliphatic heterocycles. The van der Waals surface area contributed by atoms with Gasteiger partial charge in [-0.3, -0.25) is 14.5 Å². The predicted molar refractivity (Wildman–Crippen MR) is 53.6 cm³/mol. The van der Waals surface area contributed by atoms with Gasteiger partial charge in [-0.25, -0.2) is 0 Å². The number of nitrogens with one attached hydrogen (secondary N) is 1. The van der Waals surface area contributed by atoms with E-state index in [2.05, 4.69) is 11.4 Å². The SMILES string of the molecule is CNC(C)(C#N)CCN1C(=O)CCC1=O. The van der Waals surface area contributed by atoms with Crippen LogP contribution in [-0.4, -0.2) is 35.8 Å². The van der Waals surface area contributed by atoms with Crippen LogP contribution < -0.4 is 5.32 Å². The number of nitriles is 1. The molecule has 1 aliphatic rings. The average molecular weight is 209 g/mol. The molecular formula is C10H15N3O2. The van der Waals surface area contributed by atoms with E-state index in [0.29, 0.717) is 25.8 Å². The monoisotopic (exact) mass is 209 g/mol. The fourth-order valence-electron chi connectivity index (χ4n) is 1.44. The predicted octanol–water partition coefficient (Wildman–Crippen LogP) is 0.0272. The van der Waals surface area contributed by atoms with Crippen LogP contribution in [0.15, 0.2) is 0 Å². The van der Waals surface area contributed by atoms with Crippen molar-refractivity contribution in [2.45, 2.75) is 31.7 Å². The number of imide groups is 1. The van der Waals surface area contributed by atoms with Crippen molar-refractivity contribution in [3.8, 4) is 6.07 Å². The van der Waals surface area contributed by atoms with Crippen LogP contribution in [0.3, 0.4) is 0 Å². The Bertz CT molecular complexity index is 305. The van der Waals surface area contributed by atoms with Crippen molar-refractivity contribution in [1.82, 2.24) is 10.2 Å². The van der Waals surface area contributed by atoms with Gasteiger partial charge in [-0.1, -0.05) is 0 Å². The fourth-order valence-corrected chi connectivity index (χ4v) is 1.44. The molecule has 0 spiro atoms. The number of amides is 2. The minimum absolute atomic E-state index is 0.128. The van der Waals surface area contributed by atoms with E-state index in [1.54, 1.807) is 14.0 Å². The van der Waals surface area contributed by atoms with Gasteiger partial charge in [0.2, 0.25) is 11.8 Å². The van der Waals surface area contributed by atoms with Crippen LogP contribution in [0.5, 0.6) is 0 Å². The normalized spacial score (nSPS) is 20.2. The molecule has 1 unspecified atom stereocenters. The summed E-state index contributed by atoms with van der Waals surface area (Å²) in [4.78, 5) is 23.8. The van der Waals surface area contributed by atoms with Gasteiger partial charge < -0.3 is 5.32 Å². The maximum Gasteiger partial charge on any atom is 0.229 e. The molecule has 5 nitrogen and oxygen atoms in total. The molecule has 0 aromatic rings. The van der Waals surface area contributed by atoms with Gasteiger partial charge in [-0.15, -0.1) is 0 Å². The van der Waals surface area contributed by atoms with Crippen molar-refractivity contribution in [2.24, 2.45) is 0 Å². The number of carbonyl (C=O) groups excluding carboxylic acids is 2. The molecule has 0 bridgehead atoms. The second-order valence-electron chi connectivity index (χ2n) is 3.88. The van der Waals surface area contributed by atoms with E-state index in [1.165, 1.54) is 4.90 Å². The molecule has 1 N–H and O–H groups in total. The third-order valence-corrected chi connectivity index (χ3v) is 2.79. The molecule has 5 heteroatoms. The second kappa shape index (κ2) is 4.41. The summed E-state index contributed by atoms with van der Waals surface area (Å²) in [6.07, 6.45) is 1.07. The molecule has 1 rings (SSSR count). The Morgan fingerprint density at radius 1 is 1.47 bits per heavy atom. The van der Waals surface area contributed by atoms with Gasteiger partial charge in [0.15, 0.2) is 0 Å². The van der Waals surface area contributed by atoms with E-state index < -0.39 is 5.54 Å². The van der Waals surface area contributed by atoms with Crippen LogP contribution >= 0.6 is 0 Å². The molecule has 2 amide bonds. The maximum atomic E-state index is 11.3. The smallest absolute Gasteiger partial charge is 0.229 e. The lowest BCUT2D eigenvalue weighted by Crippen LogP contribution is -2.42. The number of likely N-dealkylation sites (tertiary alicyclic amines) is 1. The molecule has 1 fully saturated rings. The third-order valence-electron chi connectivity index (χ3n) is 2.79. The Morgan fingerprint density at radius 3 is 2.40 bits per heavy atom. The molecule has 0 aromatic carbocycles. The first kappa shape index (κ1) is 11.7. The molecule has 1 saturated heterocycles. The van der Waals surface area contributed by atoms with Crippen LogP contribution in [0.2, 0.25) is 0 Å². The number of rotatable bonds is 4. The van der Waals surface area contributed by atoms with Gasteiger partial charge in [0.05, 0.1) is 6.07 Å². The Kier molecular flexibility index (Phi) is 3.43. The van der Waals surface area contributed by atoms with Crippen molar-refractivity contribution in [1.29, 1.82) is 5.26 Å². The first-order valence-electron chi connectivity index (χ1n) is 4.96. The lowest BCUT2D eigenvalue weighted by Gasteiger charge is -2.23. The van der Waals surface area contributed by atoms with Crippen LogP contribution in [0.1, 0.15) is 26.2 Å². The number of hydrogen-bond donors (Lipinski definition) is 1.